The van der Waals surface area contributed by atoms with Crippen LogP contribution < -0.4 is 10.6 Å². The van der Waals surface area contributed by atoms with Crippen molar-refractivity contribution < 1.29 is 34.1 Å². The average molecular weight is 723 g/mol. The van der Waals surface area contributed by atoms with Crippen LogP contribution >= 0.6 is 0 Å². The molecule has 0 fully saturated rings. The van der Waals surface area contributed by atoms with Gasteiger partial charge >= 0.3 is 11.9 Å². The molecule has 0 aromatic rings. The van der Waals surface area contributed by atoms with Crippen LogP contribution in [0.25, 0.3) is 0 Å². The fourth-order valence-electron chi connectivity index (χ4n) is 6.21. The van der Waals surface area contributed by atoms with Crippen molar-refractivity contribution in [2.24, 2.45) is 0 Å². The minimum atomic E-state index is -1.39. The molecule has 0 saturated heterocycles. The van der Waals surface area contributed by atoms with Crippen molar-refractivity contribution in [2.75, 3.05) is 13.2 Å². The Hall–Kier alpha value is -2.42. The second kappa shape index (κ2) is 37.3. The normalized spacial score (nSPS) is 12.5. The molecule has 2 amide bonds. The van der Waals surface area contributed by atoms with Crippen molar-refractivity contribution in [1.29, 1.82) is 0 Å². The highest BCUT2D eigenvalue weighted by molar-refractivity contribution is 5.87. The van der Waals surface area contributed by atoms with Gasteiger partial charge in [0.25, 0.3) is 0 Å². The van der Waals surface area contributed by atoms with E-state index in [-0.39, 0.29) is 30.9 Å². The number of nitrogens with one attached hydrogen (secondary N) is 2. The van der Waals surface area contributed by atoms with Crippen LogP contribution in [0.5, 0.6) is 0 Å². The summed E-state index contributed by atoms with van der Waals surface area (Å²) in [6.45, 7) is 3.44. The van der Waals surface area contributed by atoms with Gasteiger partial charge in [-0.15, -0.1) is 0 Å². The van der Waals surface area contributed by atoms with Crippen LogP contribution in [0.1, 0.15) is 206 Å². The number of allylic oxidation sites excluding steroid dienone is 1. The van der Waals surface area contributed by atoms with Gasteiger partial charge in [0.15, 0.2) is 0 Å². The first-order chi connectivity index (χ1) is 24.8. The minimum Gasteiger partial charge on any atom is -0.480 e. The van der Waals surface area contributed by atoms with Crippen molar-refractivity contribution in [1.82, 2.24) is 10.6 Å². The molecule has 0 saturated carbocycles. The zero-order valence-corrected chi connectivity index (χ0v) is 32.9. The van der Waals surface area contributed by atoms with Crippen molar-refractivity contribution in [3.05, 3.63) is 12.2 Å². The lowest BCUT2D eigenvalue weighted by Crippen LogP contribution is -2.47. The number of carbonyl (C=O) groups excluding carboxylic acids is 3. The molecule has 0 bridgehead atoms. The smallest absolute Gasteiger partial charge is 0.328 e. The van der Waals surface area contributed by atoms with E-state index in [2.05, 4.69) is 36.6 Å². The number of unbranched alkanes of at least 4 members (excludes halogenated alkanes) is 24. The Kier molecular flexibility index (Phi) is 35.6. The van der Waals surface area contributed by atoms with Gasteiger partial charge in [0.2, 0.25) is 11.8 Å². The number of carboxylic acids is 1. The molecule has 0 aliphatic rings. The molecule has 9 heteroatoms. The SMILES string of the molecule is CCCCCCC/C=C\C(CCCCCCC(=O)NCC(=O)NC(CO)C(=O)O)OC(=O)CCCCCCCCCCCCCCCCCCC. The summed E-state index contributed by atoms with van der Waals surface area (Å²) >= 11 is 0. The zero-order chi connectivity index (χ0) is 37.6. The van der Waals surface area contributed by atoms with Crippen molar-refractivity contribution in [2.45, 2.75) is 219 Å². The Morgan fingerprint density at radius 3 is 1.53 bits per heavy atom. The Balaban J connectivity index is 4.15. The third kappa shape index (κ3) is 34.4. The Morgan fingerprint density at radius 2 is 1.04 bits per heavy atom. The van der Waals surface area contributed by atoms with E-state index >= 15 is 0 Å². The van der Waals surface area contributed by atoms with Crippen molar-refractivity contribution in [3.63, 3.8) is 0 Å². The number of ether oxygens (including phenoxy) is 1. The van der Waals surface area contributed by atoms with Gasteiger partial charge in [0, 0.05) is 12.8 Å². The maximum absolute atomic E-state index is 12.7. The molecule has 51 heavy (non-hydrogen) atoms. The van der Waals surface area contributed by atoms with Gasteiger partial charge in [-0.25, -0.2) is 4.79 Å². The molecule has 9 nitrogen and oxygen atoms in total. The number of hydrogen-bond acceptors (Lipinski definition) is 6. The Labute approximate surface area is 311 Å². The summed E-state index contributed by atoms with van der Waals surface area (Å²) in [5.41, 5.74) is 0. The number of rotatable bonds is 38. The van der Waals surface area contributed by atoms with Gasteiger partial charge < -0.3 is 25.6 Å². The molecular formula is C42H78N2O7. The quantitative estimate of drug-likeness (QED) is 0.0282. The molecule has 0 heterocycles. The van der Waals surface area contributed by atoms with E-state index in [0.717, 1.165) is 51.4 Å². The summed E-state index contributed by atoms with van der Waals surface area (Å²) in [6.07, 6.45) is 38.3. The number of aliphatic carboxylic acids is 1. The summed E-state index contributed by atoms with van der Waals surface area (Å²) in [7, 11) is 0. The predicted molar refractivity (Wildman–Crippen MR) is 209 cm³/mol. The van der Waals surface area contributed by atoms with E-state index in [1.807, 2.05) is 0 Å². The molecule has 0 rings (SSSR count). The first-order valence-electron chi connectivity index (χ1n) is 21.1. The van der Waals surface area contributed by atoms with Gasteiger partial charge in [-0.1, -0.05) is 161 Å². The molecule has 0 aliphatic heterocycles. The van der Waals surface area contributed by atoms with Gasteiger partial charge in [-0.3, -0.25) is 14.4 Å². The van der Waals surface area contributed by atoms with E-state index in [9.17, 15) is 19.2 Å². The number of hydrogen-bond donors (Lipinski definition) is 4. The fourth-order valence-corrected chi connectivity index (χ4v) is 6.21. The molecule has 0 radical (unpaired) electrons. The van der Waals surface area contributed by atoms with Crippen molar-refractivity contribution in [3.8, 4) is 0 Å². The molecule has 0 spiro atoms. The molecule has 2 atom stereocenters. The zero-order valence-electron chi connectivity index (χ0n) is 32.9. The molecule has 298 valence electrons. The molecule has 0 aliphatic carbocycles. The molecule has 2 unspecified atom stereocenters. The monoisotopic (exact) mass is 723 g/mol. The van der Waals surface area contributed by atoms with E-state index in [4.69, 9.17) is 14.9 Å². The van der Waals surface area contributed by atoms with Crippen LogP contribution in [0.4, 0.5) is 0 Å². The number of aliphatic hydroxyl groups excluding tert-OH is 1. The second-order valence-electron chi connectivity index (χ2n) is 14.4. The lowest BCUT2D eigenvalue weighted by molar-refractivity contribution is -0.147. The second-order valence-corrected chi connectivity index (χ2v) is 14.4. The Morgan fingerprint density at radius 1 is 0.588 bits per heavy atom. The standard InChI is InChI=1S/C42H78N2O7/c1-3-5-7-9-11-12-13-14-15-16-17-18-19-20-22-24-30-34-41(48)51-37(31-27-23-21-10-8-6-4-2)32-28-25-26-29-33-39(46)43-35-40(47)44-38(36-45)42(49)50/h27,31,37-38,45H,3-26,28-30,32-36H2,1-2H3,(H,43,46)(H,44,47)(H,49,50)/b31-27-. The number of esters is 1. The van der Waals surface area contributed by atoms with Crippen LogP contribution in [-0.2, 0) is 23.9 Å². The summed E-state index contributed by atoms with van der Waals surface area (Å²) in [5.74, 6) is -2.39. The number of aliphatic hydroxyl groups is 1. The lowest BCUT2D eigenvalue weighted by Gasteiger charge is -2.15. The van der Waals surface area contributed by atoms with Crippen LogP contribution in [0.15, 0.2) is 12.2 Å². The molecule has 0 aromatic heterocycles. The number of carbonyl (C=O) groups is 4. The van der Waals surface area contributed by atoms with Gasteiger partial charge in [-0.2, -0.15) is 0 Å². The third-order valence-corrected chi connectivity index (χ3v) is 9.50. The molecule has 0 aromatic carbocycles. The van der Waals surface area contributed by atoms with E-state index < -0.39 is 24.5 Å². The molecular weight excluding hydrogens is 644 g/mol. The maximum atomic E-state index is 12.7. The lowest BCUT2D eigenvalue weighted by atomic mass is 10.0. The third-order valence-electron chi connectivity index (χ3n) is 9.50. The van der Waals surface area contributed by atoms with Crippen LogP contribution in [0.2, 0.25) is 0 Å². The first-order valence-corrected chi connectivity index (χ1v) is 21.1. The topological polar surface area (TPSA) is 142 Å². The highest BCUT2D eigenvalue weighted by Crippen LogP contribution is 2.16. The summed E-state index contributed by atoms with van der Waals surface area (Å²) < 4.78 is 5.89. The van der Waals surface area contributed by atoms with Gasteiger partial charge in [0.1, 0.15) is 12.1 Å². The maximum Gasteiger partial charge on any atom is 0.328 e. The molecule has 4 N–H and O–H groups in total. The highest BCUT2D eigenvalue weighted by Gasteiger charge is 2.18. The van der Waals surface area contributed by atoms with E-state index in [1.54, 1.807) is 0 Å². The number of amides is 2. The van der Waals surface area contributed by atoms with Crippen LogP contribution in [0.3, 0.4) is 0 Å². The van der Waals surface area contributed by atoms with Crippen LogP contribution in [-0.4, -0.2) is 59.3 Å². The average Bonchev–Trinajstić information content (AvgIpc) is 3.11. The summed E-state index contributed by atoms with van der Waals surface area (Å²) in [4.78, 5) is 47.4. The number of carboxylic acid groups (broad SMARTS) is 1. The first kappa shape index (κ1) is 48.6. The Bertz CT molecular complexity index is 879. The van der Waals surface area contributed by atoms with Crippen molar-refractivity contribution >= 4 is 23.8 Å². The van der Waals surface area contributed by atoms with E-state index in [0.29, 0.717) is 12.8 Å². The predicted octanol–water partition coefficient (Wildman–Crippen LogP) is 9.88. The van der Waals surface area contributed by atoms with E-state index in [1.165, 1.54) is 122 Å². The largest absolute Gasteiger partial charge is 0.480 e. The van der Waals surface area contributed by atoms with Gasteiger partial charge in [0.05, 0.1) is 13.2 Å². The fraction of sp³-hybridized carbons (Fsp3) is 0.857. The summed E-state index contributed by atoms with van der Waals surface area (Å²) in [5, 5.41) is 22.5. The minimum absolute atomic E-state index is 0.108. The summed E-state index contributed by atoms with van der Waals surface area (Å²) in [6, 6.07) is -1.39. The van der Waals surface area contributed by atoms with Crippen LogP contribution in [0, 0.1) is 0 Å². The highest BCUT2D eigenvalue weighted by atomic mass is 16.5. The van der Waals surface area contributed by atoms with Gasteiger partial charge in [-0.05, 0) is 44.6 Å².